The van der Waals surface area contributed by atoms with Crippen LogP contribution in [0.4, 0.5) is 0 Å². The Kier molecular flexibility index (Phi) is 26.9. The summed E-state index contributed by atoms with van der Waals surface area (Å²) in [6.07, 6.45) is 28.5. The number of hydrogen-bond acceptors (Lipinski definition) is 2. The van der Waals surface area contributed by atoms with Crippen LogP contribution in [0.3, 0.4) is 0 Å². The molecule has 0 atom stereocenters. The molecule has 0 rings (SSSR count). The van der Waals surface area contributed by atoms with Gasteiger partial charge in [0, 0.05) is 19.1 Å². The Bertz CT molecular complexity index is 315. The molecular weight excluding hydrogens is 392 g/mol. The van der Waals surface area contributed by atoms with E-state index in [-0.39, 0.29) is 6.29 Å². The number of rotatable bonds is 25. The lowest BCUT2D eigenvalue weighted by molar-refractivity contribution is -0.148. The number of alkyl halides is 1. The van der Waals surface area contributed by atoms with E-state index in [1.54, 1.807) is 0 Å². The van der Waals surface area contributed by atoms with Gasteiger partial charge in [-0.15, -0.1) is 11.6 Å². The van der Waals surface area contributed by atoms with E-state index in [0.717, 1.165) is 38.4 Å². The van der Waals surface area contributed by atoms with Crippen molar-refractivity contribution >= 4 is 11.6 Å². The third-order valence-corrected chi connectivity index (χ3v) is 5.85. The summed E-state index contributed by atoms with van der Waals surface area (Å²) in [5.41, 5.74) is 0. The maximum absolute atomic E-state index is 6.12. The molecule has 0 aliphatic heterocycles. The first-order chi connectivity index (χ1) is 14.8. The highest BCUT2D eigenvalue weighted by atomic mass is 35.5. The molecule has 0 N–H and O–H groups in total. The van der Waals surface area contributed by atoms with Gasteiger partial charge in [0.05, 0.1) is 0 Å². The van der Waals surface area contributed by atoms with Gasteiger partial charge in [0.2, 0.25) is 0 Å². The van der Waals surface area contributed by atoms with Crippen LogP contribution in [-0.4, -0.2) is 25.4 Å². The van der Waals surface area contributed by atoms with E-state index in [1.165, 1.54) is 103 Å². The van der Waals surface area contributed by atoms with Gasteiger partial charge in [-0.05, 0) is 51.4 Å². The van der Waals surface area contributed by atoms with E-state index in [0.29, 0.717) is 0 Å². The zero-order valence-corrected chi connectivity index (χ0v) is 21.2. The second kappa shape index (κ2) is 27.0. The van der Waals surface area contributed by atoms with Gasteiger partial charge >= 0.3 is 0 Å². The minimum absolute atomic E-state index is 0.00977. The van der Waals surface area contributed by atoms with Gasteiger partial charge in [-0.3, -0.25) is 0 Å². The Balaban J connectivity index is 3.86. The Labute approximate surface area is 194 Å². The molecule has 0 aromatic rings. The van der Waals surface area contributed by atoms with Crippen LogP contribution in [0.5, 0.6) is 0 Å². The van der Waals surface area contributed by atoms with E-state index in [1.807, 2.05) is 0 Å². The van der Waals surface area contributed by atoms with Crippen molar-refractivity contribution < 1.29 is 9.47 Å². The monoisotopic (exact) mass is 444 g/mol. The molecule has 0 spiro atoms. The summed E-state index contributed by atoms with van der Waals surface area (Å²) >= 11 is 5.70. The van der Waals surface area contributed by atoms with Crippen LogP contribution in [-0.2, 0) is 9.47 Å². The smallest absolute Gasteiger partial charge is 0.157 e. The van der Waals surface area contributed by atoms with Crippen molar-refractivity contribution in [3.63, 3.8) is 0 Å². The highest BCUT2D eigenvalue weighted by Gasteiger charge is 2.09. The SMILES string of the molecule is CCCCCCCCOC(CCCCC/C=C/CCCCl)OCCCCCCCC. The van der Waals surface area contributed by atoms with Gasteiger partial charge in [0.15, 0.2) is 6.29 Å². The van der Waals surface area contributed by atoms with Gasteiger partial charge in [-0.2, -0.15) is 0 Å². The van der Waals surface area contributed by atoms with Crippen molar-refractivity contribution in [3.05, 3.63) is 12.2 Å². The first-order valence-electron chi connectivity index (χ1n) is 13.3. The number of unbranched alkanes of at least 4 members (excludes halogenated alkanes) is 14. The Hall–Kier alpha value is -0.0500. The normalized spacial score (nSPS) is 11.9. The van der Waals surface area contributed by atoms with Crippen LogP contribution in [0.25, 0.3) is 0 Å². The second-order valence-electron chi connectivity index (χ2n) is 8.65. The minimum Gasteiger partial charge on any atom is -0.353 e. The molecule has 0 aliphatic carbocycles. The lowest BCUT2D eigenvalue weighted by atomic mass is 10.1. The largest absolute Gasteiger partial charge is 0.353 e. The van der Waals surface area contributed by atoms with Crippen molar-refractivity contribution in [1.82, 2.24) is 0 Å². The number of halogens is 1. The Morgan fingerprint density at radius 3 is 1.57 bits per heavy atom. The van der Waals surface area contributed by atoms with Crippen molar-refractivity contribution in [2.75, 3.05) is 19.1 Å². The average Bonchev–Trinajstić information content (AvgIpc) is 2.76. The van der Waals surface area contributed by atoms with E-state index in [2.05, 4.69) is 26.0 Å². The summed E-state index contributed by atoms with van der Waals surface area (Å²) in [6.45, 7) is 6.26. The highest BCUT2D eigenvalue weighted by Crippen LogP contribution is 2.13. The van der Waals surface area contributed by atoms with E-state index in [4.69, 9.17) is 21.1 Å². The van der Waals surface area contributed by atoms with E-state index >= 15 is 0 Å². The summed E-state index contributed by atoms with van der Waals surface area (Å²) < 4.78 is 12.2. The third-order valence-electron chi connectivity index (χ3n) is 5.58. The van der Waals surface area contributed by atoms with Gasteiger partial charge in [0.25, 0.3) is 0 Å². The molecule has 2 nitrogen and oxygen atoms in total. The number of ether oxygens (including phenoxy) is 2. The summed E-state index contributed by atoms with van der Waals surface area (Å²) in [5, 5.41) is 0. The zero-order chi connectivity index (χ0) is 22.0. The lowest BCUT2D eigenvalue weighted by Crippen LogP contribution is -2.19. The predicted octanol–water partition coefficient (Wildman–Crippen LogP) is 9.59. The number of hydrogen-bond donors (Lipinski definition) is 0. The van der Waals surface area contributed by atoms with Crippen molar-refractivity contribution in [2.45, 2.75) is 142 Å². The quantitative estimate of drug-likeness (QED) is 0.0603. The molecule has 0 amide bonds. The summed E-state index contributed by atoms with van der Waals surface area (Å²) in [7, 11) is 0. The lowest BCUT2D eigenvalue weighted by Gasteiger charge is -2.19. The molecule has 0 saturated heterocycles. The van der Waals surface area contributed by atoms with Gasteiger partial charge in [0.1, 0.15) is 0 Å². The molecule has 0 saturated carbocycles. The van der Waals surface area contributed by atoms with Crippen molar-refractivity contribution in [2.24, 2.45) is 0 Å². The number of allylic oxidation sites excluding steroid dienone is 2. The summed E-state index contributed by atoms with van der Waals surface area (Å²) in [6, 6.07) is 0. The predicted molar refractivity (Wildman–Crippen MR) is 135 cm³/mol. The van der Waals surface area contributed by atoms with Crippen molar-refractivity contribution in [3.8, 4) is 0 Å². The molecule has 0 aliphatic rings. The standard InChI is InChI=1S/C27H53ClO2/c1-3-5-7-9-17-21-25-29-27(30-26-22-18-10-8-6-4-2)23-19-15-13-11-12-14-16-20-24-28/h12,14,27H,3-11,13,15-26H2,1-2H3/b14-12+. The Morgan fingerprint density at radius 2 is 1.03 bits per heavy atom. The molecular formula is C27H53ClO2. The van der Waals surface area contributed by atoms with Crippen molar-refractivity contribution in [1.29, 1.82) is 0 Å². The fourth-order valence-corrected chi connectivity index (χ4v) is 3.74. The molecule has 0 bridgehead atoms. The van der Waals surface area contributed by atoms with Crippen LogP contribution in [0, 0.1) is 0 Å². The maximum atomic E-state index is 6.12. The average molecular weight is 445 g/mol. The van der Waals surface area contributed by atoms with E-state index < -0.39 is 0 Å². The summed E-state index contributed by atoms with van der Waals surface area (Å²) in [4.78, 5) is 0. The third kappa shape index (κ3) is 24.2. The molecule has 0 heterocycles. The molecule has 0 unspecified atom stereocenters. The van der Waals surface area contributed by atoms with Crippen LogP contribution >= 0.6 is 11.6 Å². The molecule has 0 aromatic heterocycles. The highest BCUT2D eigenvalue weighted by molar-refractivity contribution is 6.17. The molecule has 180 valence electrons. The fourth-order valence-electron chi connectivity index (χ4n) is 3.59. The maximum Gasteiger partial charge on any atom is 0.157 e. The zero-order valence-electron chi connectivity index (χ0n) is 20.5. The first kappa shape index (κ1) is 29.9. The molecule has 30 heavy (non-hydrogen) atoms. The van der Waals surface area contributed by atoms with Gasteiger partial charge < -0.3 is 9.47 Å². The molecule has 0 aromatic carbocycles. The fraction of sp³-hybridized carbons (Fsp3) is 0.926. The van der Waals surface area contributed by atoms with Crippen LogP contribution in [0.2, 0.25) is 0 Å². The first-order valence-corrected chi connectivity index (χ1v) is 13.8. The molecule has 0 radical (unpaired) electrons. The van der Waals surface area contributed by atoms with Crippen LogP contribution in [0.15, 0.2) is 12.2 Å². The Morgan fingerprint density at radius 1 is 0.567 bits per heavy atom. The second-order valence-corrected chi connectivity index (χ2v) is 9.03. The van der Waals surface area contributed by atoms with Gasteiger partial charge in [-0.25, -0.2) is 0 Å². The molecule has 3 heteroatoms. The minimum atomic E-state index is 0.00977. The summed E-state index contributed by atoms with van der Waals surface area (Å²) in [5.74, 6) is 0.767. The molecule has 0 fully saturated rings. The topological polar surface area (TPSA) is 18.5 Å². The van der Waals surface area contributed by atoms with Crippen LogP contribution < -0.4 is 0 Å². The van der Waals surface area contributed by atoms with E-state index in [9.17, 15) is 0 Å². The van der Waals surface area contributed by atoms with Gasteiger partial charge in [-0.1, -0.05) is 96.6 Å². The van der Waals surface area contributed by atoms with Crippen LogP contribution in [0.1, 0.15) is 136 Å².